The average molecular weight is 277 g/mol. The third kappa shape index (κ3) is 3.05. The first-order valence-electron chi connectivity index (χ1n) is 3.71. The molecule has 0 saturated carbocycles. The molecule has 0 heterocycles. The predicted molar refractivity (Wildman–Crippen MR) is 59.6 cm³/mol. The van der Waals surface area contributed by atoms with E-state index in [9.17, 15) is 4.79 Å². The molecule has 1 rings (SSSR count). The van der Waals surface area contributed by atoms with Crippen LogP contribution in [0.4, 0.5) is 5.69 Å². The maximum atomic E-state index is 10.2. The number of hydrogen-bond donors (Lipinski definition) is 2. The monoisotopic (exact) mass is 275 g/mol. The molecule has 0 bridgehead atoms. The molecule has 0 amide bonds. The Morgan fingerprint density at radius 3 is 2.93 bits per heavy atom. The third-order valence-corrected chi connectivity index (χ3v) is 2.81. The van der Waals surface area contributed by atoms with Crippen molar-refractivity contribution in [3.63, 3.8) is 0 Å². The highest BCUT2D eigenvalue weighted by Gasteiger charge is 2.00. The molecule has 0 aromatic heterocycles. The Balaban J connectivity index is 2.77. The van der Waals surface area contributed by atoms with Gasteiger partial charge in [0.2, 0.25) is 0 Å². The molecular formula is C9H7BrClNO2. The molecular weight excluding hydrogens is 269 g/mol. The van der Waals surface area contributed by atoms with E-state index in [2.05, 4.69) is 21.2 Å². The minimum atomic E-state index is -1.00. The Morgan fingerprint density at radius 2 is 2.29 bits per heavy atom. The van der Waals surface area contributed by atoms with Crippen LogP contribution in [0.3, 0.4) is 0 Å². The van der Waals surface area contributed by atoms with Gasteiger partial charge < -0.3 is 10.4 Å². The highest BCUT2D eigenvalue weighted by atomic mass is 79.9. The van der Waals surface area contributed by atoms with Gasteiger partial charge in [-0.2, -0.15) is 0 Å². The highest BCUT2D eigenvalue weighted by molar-refractivity contribution is 9.10. The van der Waals surface area contributed by atoms with Crippen molar-refractivity contribution in [2.75, 3.05) is 5.32 Å². The molecule has 1 aromatic carbocycles. The molecule has 0 radical (unpaired) electrons. The van der Waals surface area contributed by atoms with Crippen LogP contribution in [0.5, 0.6) is 0 Å². The molecule has 0 aliphatic rings. The molecule has 5 heteroatoms. The largest absolute Gasteiger partial charge is 0.478 e. The number of carboxylic acid groups (broad SMARTS) is 1. The van der Waals surface area contributed by atoms with Crippen molar-refractivity contribution < 1.29 is 9.90 Å². The van der Waals surface area contributed by atoms with Crippen LogP contribution < -0.4 is 5.32 Å². The summed E-state index contributed by atoms with van der Waals surface area (Å²) < 4.78 is 0.705. The number of rotatable bonds is 3. The molecule has 0 saturated heterocycles. The molecule has 3 nitrogen and oxygen atoms in total. The van der Waals surface area contributed by atoms with Gasteiger partial charge in [0.1, 0.15) is 0 Å². The van der Waals surface area contributed by atoms with Crippen LogP contribution in [0.25, 0.3) is 0 Å². The van der Waals surface area contributed by atoms with E-state index in [-0.39, 0.29) is 0 Å². The lowest BCUT2D eigenvalue weighted by atomic mass is 10.3. The van der Waals surface area contributed by atoms with Crippen molar-refractivity contribution in [2.45, 2.75) is 0 Å². The molecule has 74 valence electrons. The van der Waals surface area contributed by atoms with E-state index in [0.29, 0.717) is 9.50 Å². The van der Waals surface area contributed by atoms with Gasteiger partial charge in [-0.25, -0.2) is 4.79 Å². The number of anilines is 1. The molecule has 1 aromatic rings. The van der Waals surface area contributed by atoms with E-state index in [1.54, 1.807) is 18.2 Å². The zero-order valence-corrected chi connectivity index (χ0v) is 9.34. The normalized spacial score (nSPS) is 10.4. The van der Waals surface area contributed by atoms with Crippen molar-refractivity contribution in [3.05, 3.63) is 40.0 Å². The van der Waals surface area contributed by atoms with Crippen molar-refractivity contribution in [2.24, 2.45) is 0 Å². The number of nitrogens with one attached hydrogen (secondary N) is 1. The molecule has 0 atom stereocenters. The number of halogens is 2. The van der Waals surface area contributed by atoms with Crippen LogP contribution in [-0.2, 0) is 4.79 Å². The average Bonchev–Trinajstić information content (AvgIpc) is 2.12. The SMILES string of the molecule is O=C(O)/C=C/Nc1cccc(Cl)c1Br. The summed E-state index contributed by atoms with van der Waals surface area (Å²) in [4.78, 5) is 10.2. The maximum Gasteiger partial charge on any atom is 0.329 e. The lowest BCUT2D eigenvalue weighted by molar-refractivity contribution is -0.131. The van der Waals surface area contributed by atoms with Crippen LogP contribution in [0, 0.1) is 0 Å². The molecule has 2 N–H and O–H groups in total. The highest BCUT2D eigenvalue weighted by Crippen LogP contribution is 2.29. The summed E-state index contributed by atoms with van der Waals surface area (Å²) in [6, 6.07) is 5.28. The smallest absolute Gasteiger partial charge is 0.329 e. The molecule has 0 spiro atoms. The number of carbonyl (C=O) groups is 1. The van der Waals surface area contributed by atoms with Gasteiger partial charge in [0.25, 0.3) is 0 Å². The van der Waals surface area contributed by atoms with Gasteiger partial charge in [-0.15, -0.1) is 0 Å². The summed E-state index contributed by atoms with van der Waals surface area (Å²) in [7, 11) is 0. The fraction of sp³-hybridized carbons (Fsp3) is 0. The second-order valence-corrected chi connectivity index (χ2v) is 3.62. The van der Waals surface area contributed by atoms with Crippen molar-refractivity contribution in [1.82, 2.24) is 0 Å². The van der Waals surface area contributed by atoms with E-state index in [4.69, 9.17) is 16.7 Å². The predicted octanol–water partition coefficient (Wildman–Crippen LogP) is 3.11. The van der Waals surface area contributed by atoms with Crippen molar-refractivity contribution >= 4 is 39.2 Å². The first-order valence-corrected chi connectivity index (χ1v) is 4.88. The maximum absolute atomic E-state index is 10.2. The standard InChI is InChI=1S/C9H7BrClNO2/c10-9-6(11)2-1-3-7(9)12-5-4-8(13)14/h1-5,12H,(H,13,14)/b5-4+. The number of carboxylic acids is 1. The summed E-state index contributed by atoms with van der Waals surface area (Å²) in [5.74, 6) is -1.00. The second-order valence-electron chi connectivity index (χ2n) is 2.42. The van der Waals surface area contributed by atoms with Crippen LogP contribution in [0.15, 0.2) is 34.9 Å². The van der Waals surface area contributed by atoms with Gasteiger partial charge >= 0.3 is 5.97 Å². The Morgan fingerprint density at radius 1 is 1.57 bits per heavy atom. The fourth-order valence-electron chi connectivity index (χ4n) is 0.818. The molecule has 0 aliphatic carbocycles. The van der Waals surface area contributed by atoms with Crippen molar-refractivity contribution in [3.8, 4) is 0 Å². The molecule has 0 aliphatic heterocycles. The fourth-order valence-corrected chi connectivity index (χ4v) is 1.37. The Kier molecular flexibility index (Phi) is 3.98. The first kappa shape index (κ1) is 11.1. The lowest BCUT2D eigenvalue weighted by Crippen LogP contribution is -1.92. The molecule has 0 fully saturated rings. The first-order chi connectivity index (χ1) is 6.61. The number of aliphatic carboxylic acids is 1. The van der Waals surface area contributed by atoms with Crippen molar-refractivity contribution in [1.29, 1.82) is 0 Å². The topological polar surface area (TPSA) is 49.3 Å². The van der Waals surface area contributed by atoms with E-state index in [1.165, 1.54) is 6.20 Å². The van der Waals surface area contributed by atoms with E-state index < -0.39 is 5.97 Å². The summed E-state index contributed by atoms with van der Waals surface area (Å²) in [6.07, 6.45) is 2.34. The van der Waals surface area contributed by atoms with Gasteiger partial charge in [-0.3, -0.25) is 0 Å². The van der Waals surface area contributed by atoms with E-state index in [1.807, 2.05) is 0 Å². The number of hydrogen-bond acceptors (Lipinski definition) is 2. The van der Waals surface area contributed by atoms with Gasteiger partial charge in [0.15, 0.2) is 0 Å². The Labute approximate surface area is 94.5 Å². The third-order valence-electron chi connectivity index (χ3n) is 1.42. The minimum Gasteiger partial charge on any atom is -0.478 e. The second kappa shape index (κ2) is 5.02. The van der Waals surface area contributed by atoms with E-state index >= 15 is 0 Å². The minimum absolute atomic E-state index is 0.568. The van der Waals surface area contributed by atoms with Gasteiger partial charge in [0, 0.05) is 12.3 Å². The zero-order valence-electron chi connectivity index (χ0n) is 7.00. The van der Waals surface area contributed by atoms with Crippen LogP contribution in [0.2, 0.25) is 5.02 Å². The van der Waals surface area contributed by atoms with Crippen LogP contribution >= 0.6 is 27.5 Å². The lowest BCUT2D eigenvalue weighted by Gasteiger charge is -2.04. The van der Waals surface area contributed by atoms with E-state index in [0.717, 1.165) is 11.8 Å². The summed E-state index contributed by atoms with van der Waals surface area (Å²) >= 11 is 9.10. The van der Waals surface area contributed by atoms with Gasteiger partial charge in [-0.1, -0.05) is 17.7 Å². The van der Waals surface area contributed by atoms with Gasteiger partial charge in [0.05, 0.1) is 15.2 Å². The summed E-state index contributed by atoms with van der Waals surface area (Å²) in [5, 5.41) is 11.7. The molecule has 14 heavy (non-hydrogen) atoms. The summed E-state index contributed by atoms with van der Waals surface area (Å²) in [6.45, 7) is 0. The number of benzene rings is 1. The molecule has 0 unspecified atom stereocenters. The zero-order chi connectivity index (χ0) is 10.6. The quantitative estimate of drug-likeness (QED) is 0.834. The van der Waals surface area contributed by atoms with Gasteiger partial charge in [-0.05, 0) is 28.1 Å². The van der Waals surface area contributed by atoms with Crippen LogP contribution in [0.1, 0.15) is 0 Å². The van der Waals surface area contributed by atoms with Crippen LogP contribution in [-0.4, -0.2) is 11.1 Å². The summed E-state index contributed by atoms with van der Waals surface area (Å²) in [5.41, 5.74) is 0.718. The Hall–Kier alpha value is -1.000. The Bertz CT molecular complexity index is 379.